The first-order chi connectivity index (χ1) is 10.1. The van der Waals surface area contributed by atoms with Crippen LogP contribution in [0.1, 0.15) is 11.3 Å². The number of rotatable bonds is 5. The number of carbonyl (C=O) groups excluding carboxylic acids is 1. The van der Waals surface area contributed by atoms with Crippen molar-refractivity contribution in [3.05, 3.63) is 45.9 Å². The molecule has 0 radical (unpaired) electrons. The Bertz CT molecular complexity index is 717. The third kappa shape index (κ3) is 3.72. The minimum atomic E-state index is -0.399. The van der Waals surface area contributed by atoms with Crippen LogP contribution < -0.4 is 15.7 Å². The molecule has 21 heavy (non-hydrogen) atoms. The summed E-state index contributed by atoms with van der Waals surface area (Å²) >= 11 is 0. The minimum Gasteiger partial charge on any atom is -0.504 e. The zero-order valence-corrected chi connectivity index (χ0v) is 11.2. The van der Waals surface area contributed by atoms with Gasteiger partial charge in [-0.2, -0.15) is 5.10 Å². The Morgan fingerprint density at radius 2 is 2.29 bits per heavy atom. The molecule has 8 heteroatoms. The lowest BCUT2D eigenvalue weighted by Gasteiger charge is -2.04. The number of ether oxygens (including phenoxy) is 1. The molecule has 0 bridgehead atoms. The number of para-hydroxylation sites is 1. The van der Waals surface area contributed by atoms with Crippen molar-refractivity contribution in [2.75, 3.05) is 7.11 Å². The lowest BCUT2D eigenvalue weighted by molar-refractivity contribution is -0.120. The first-order valence-corrected chi connectivity index (χ1v) is 6.04. The molecule has 2 rings (SSSR count). The summed E-state index contributed by atoms with van der Waals surface area (Å²) in [6.07, 6.45) is 1.29. The highest BCUT2D eigenvalue weighted by molar-refractivity contribution is 5.86. The Balaban J connectivity index is 1.96. The predicted octanol–water partition coefficient (Wildman–Crippen LogP) is 0.110. The van der Waals surface area contributed by atoms with Crippen LogP contribution in [0.2, 0.25) is 0 Å². The van der Waals surface area contributed by atoms with Gasteiger partial charge in [0.1, 0.15) is 0 Å². The van der Waals surface area contributed by atoms with Gasteiger partial charge in [-0.3, -0.25) is 14.7 Å². The minimum absolute atomic E-state index is 0.0137. The number of carbonyl (C=O) groups is 1. The number of H-pyrrole nitrogens is 2. The molecule has 1 aromatic carbocycles. The normalized spacial score (nSPS) is 10.7. The number of hydrogen-bond donors (Lipinski definition) is 4. The van der Waals surface area contributed by atoms with Gasteiger partial charge in [-0.1, -0.05) is 6.07 Å². The second-order valence-electron chi connectivity index (χ2n) is 4.15. The number of amides is 1. The molecule has 4 N–H and O–H groups in total. The lowest BCUT2D eigenvalue weighted by atomic mass is 10.2. The van der Waals surface area contributed by atoms with E-state index < -0.39 is 5.91 Å². The Labute approximate surface area is 119 Å². The molecule has 110 valence electrons. The number of nitrogens with one attached hydrogen (secondary N) is 3. The number of hydrazone groups is 1. The Morgan fingerprint density at radius 1 is 1.48 bits per heavy atom. The molecule has 2 aromatic rings. The van der Waals surface area contributed by atoms with Crippen molar-refractivity contribution < 1.29 is 14.6 Å². The van der Waals surface area contributed by atoms with Crippen LogP contribution in [0.3, 0.4) is 0 Å². The van der Waals surface area contributed by atoms with E-state index in [2.05, 4.69) is 20.7 Å². The van der Waals surface area contributed by atoms with Gasteiger partial charge < -0.3 is 14.9 Å². The maximum atomic E-state index is 11.6. The van der Waals surface area contributed by atoms with Crippen LogP contribution in [-0.2, 0) is 11.2 Å². The van der Waals surface area contributed by atoms with Crippen LogP contribution in [-0.4, -0.2) is 34.5 Å². The summed E-state index contributed by atoms with van der Waals surface area (Å²) in [5.74, 6) is -0.146. The van der Waals surface area contributed by atoms with Crippen LogP contribution in [0.25, 0.3) is 0 Å². The summed E-state index contributed by atoms with van der Waals surface area (Å²) in [5.41, 5.74) is 2.86. The second kappa shape index (κ2) is 6.42. The van der Waals surface area contributed by atoms with Crippen molar-refractivity contribution in [2.24, 2.45) is 5.10 Å². The van der Waals surface area contributed by atoms with E-state index in [-0.39, 0.29) is 17.7 Å². The Hall–Kier alpha value is -3.03. The van der Waals surface area contributed by atoms with E-state index >= 15 is 0 Å². The highest BCUT2D eigenvalue weighted by Crippen LogP contribution is 2.27. The van der Waals surface area contributed by atoms with Crippen LogP contribution in [0, 0.1) is 0 Å². The first-order valence-electron chi connectivity index (χ1n) is 6.04. The maximum Gasteiger partial charge on any atom is 0.264 e. The van der Waals surface area contributed by atoms with Crippen molar-refractivity contribution in [1.29, 1.82) is 0 Å². The molecular formula is C13H14N4O4. The van der Waals surface area contributed by atoms with Gasteiger partial charge in [-0.05, 0) is 12.1 Å². The Kier molecular flexibility index (Phi) is 4.39. The van der Waals surface area contributed by atoms with Gasteiger partial charge in [0.2, 0.25) is 5.91 Å². The number of aromatic hydroxyl groups is 1. The smallest absolute Gasteiger partial charge is 0.264 e. The lowest BCUT2D eigenvalue weighted by Crippen LogP contribution is -2.20. The van der Waals surface area contributed by atoms with E-state index in [0.29, 0.717) is 17.0 Å². The number of phenolic OH excluding ortho intramolecular Hbond substituents is 1. The molecule has 0 aliphatic rings. The number of nitrogens with zero attached hydrogens (tertiary/aromatic N) is 1. The number of methoxy groups -OCH3 is 1. The highest BCUT2D eigenvalue weighted by atomic mass is 16.5. The standard InChI is InChI=1S/C13H14N4O4/c1-21-10-4-2-3-8(13(10)20)7-14-16-11(18)5-9-6-12(19)17-15-9/h2-4,6-7,20H,5H2,1H3,(H,16,18)(H2,15,17,19). The molecule has 1 amide bonds. The van der Waals surface area contributed by atoms with E-state index in [4.69, 9.17) is 4.74 Å². The number of benzene rings is 1. The van der Waals surface area contributed by atoms with Crippen molar-refractivity contribution in [1.82, 2.24) is 15.6 Å². The molecular weight excluding hydrogens is 276 g/mol. The summed E-state index contributed by atoms with van der Waals surface area (Å²) in [5, 5.41) is 18.4. The van der Waals surface area contributed by atoms with Crippen LogP contribution in [0.15, 0.2) is 34.2 Å². The second-order valence-corrected chi connectivity index (χ2v) is 4.15. The SMILES string of the molecule is COc1cccc(C=NNC(=O)Cc2cc(=O)[nH][nH]2)c1O. The van der Waals surface area contributed by atoms with Crippen molar-refractivity contribution in [3.63, 3.8) is 0 Å². The monoisotopic (exact) mass is 290 g/mol. The summed E-state index contributed by atoms with van der Waals surface area (Å²) in [6.45, 7) is 0. The van der Waals surface area contributed by atoms with Gasteiger partial charge in [-0.15, -0.1) is 0 Å². The van der Waals surface area contributed by atoms with Gasteiger partial charge >= 0.3 is 0 Å². The van der Waals surface area contributed by atoms with Gasteiger partial charge in [0, 0.05) is 17.3 Å². The first kappa shape index (κ1) is 14.4. The van der Waals surface area contributed by atoms with E-state index in [1.165, 1.54) is 19.4 Å². The topological polar surface area (TPSA) is 120 Å². The molecule has 0 atom stereocenters. The molecule has 1 heterocycles. The molecule has 1 aromatic heterocycles. The van der Waals surface area contributed by atoms with Crippen LogP contribution >= 0.6 is 0 Å². The van der Waals surface area contributed by atoms with Gasteiger partial charge in [0.15, 0.2) is 11.5 Å². The number of aromatic amines is 2. The van der Waals surface area contributed by atoms with E-state index in [1.54, 1.807) is 18.2 Å². The molecule has 0 aliphatic carbocycles. The largest absolute Gasteiger partial charge is 0.504 e. The quantitative estimate of drug-likeness (QED) is 0.461. The molecule has 0 spiro atoms. The fourth-order valence-electron chi connectivity index (χ4n) is 1.66. The Morgan fingerprint density at radius 3 is 2.95 bits per heavy atom. The predicted molar refractivity (Wildman–Crippen MR) is 75.5 cm³/mol. The maximum absolute atomic E-state index is 11.6. The summed E-state index contributed by atoms with van der Waals surface area (Å²) in [4.78, 5) is 22.5. The fourth-order valence-corrected chi connectivity index (χ4v) is 1.66. The molecule has 0 fully saturated rings. The van der Waals surface area contributed by atoms with Crippen molar-refractivity contribution in [2.45, 2.75) is 6.42 Å². The van der Waals surface area contributed by atoms with Gasteiger partial charge in [-0.25, -0.2) is 5.43 Å². The van der Waals surface area contributed by atoms with Crippen molar-refractivity contribution >= 4 is 12.1 Å². The molecule has 0 saturated carbocycles. The van der Waals surface area contributed by atoms with E-state index in [9.17, 15) is 14.7 Å². The zero-order valence-electron chi connectivity index (χ0n) is 11.2. The van der Waals surface area contributed by atoms with Crippen LogP contribution in [0.5, 0.6) is 11.5 Å². The number of phenols is 1. The average molecular weight is 290 g/mol. The number of hydrogen-bond acceptors (Lipinski definition) is 5. The average Bonchev–Trinajstić information content (AvgIpc) is 2.86. The van der Waals surface area contributed by atoms with Gasteiger partial charge in [0.05, 0.1) is 19.7 Å². The fraction of sp³-hybridized carbons (Fsp3) is 0.154. The summed E-state index contributed by atoms with van der Waals surface area (Å²) in [6, 6.07) is 6.20. The molecule has 0 aliphatic heterocycles. The molecule has 0 saturated heterocycles. The highest BCUT2D eigenvalue weighted by Gasteiger charge is 2.06. The van der Waals surface area contributed by atoms with E-state index in [1.807, 2.05) is 0 Å². The summed E-state index contributed by atoms with van der Waals surface area (Å²) in [7, 11) is 1.44. The third-order valence-electron chi connectivity index (χ3n) is 2.65. The van der Waals surface area contributed by atoms with Gasteiger partial charge in [0.25, 0.3) is 5.56 Å². The third-order valence-corrected chi connectivity index (χ3v) is 2.65. The summed E-state index contributed by atoms with van der Waals surface area (Å²) < 4.78 is 4.96. The van der Waals surface area contributed by atoms with E-state index in [0.717, 1.165) is 0 Å². The van der Waals surface area contributed by atoms with Crippen molar-refractivity contribution in [3.8, 4) is 11.5 Å². The molecule has 0 unspecified atom stereocenters. The number of aromatic nitrogens is 2. The molecule has 8 nitrogen and oxygen atoms in total. The van der Waals surface area contributed by atoms with Crippen LogP contribution in [0.4, 0.5) is 0 Å². The zero-order chi connectivity index (χ0) is 15.2.